The number of ether oxygens (including phenoxy) is 1. The number of benzene rings is 1. The van der Waals surface area contributed by atoms with Crippen LogP contribution in [-0.4, -0.2) is 36.4 Å². The van der Waals surface area contributed by atoms with Crippen LogP contribution in [0.5, 0.6) is 5.75 Å². The van der Waals surface area contributed by atoms with Gasteiger partial charge in [0.1, 0.15) is 11.8 Å². The van der Waals surface area contributed by atoms with Crippen LogP contribution >= 0.6 is 11.3 Å². The van der Waals surface area contributed by atoms with E-state index >= 15 is 0 Å². The Bertz CT molecular complexity index is 715. The Morgan fingerprint density at radius 1 is 1.29 bits per heavy atom. The molecule has 0 saturated carbocycles. The fourth-order valence-electron chi connectivity index (χ4n) is 2.97. The van der Waals surface area contributed by atoms with Crippen LogP contribution in [0.2, 0.25) is 0 Å². The van der Waals surface area contributed by atoms with Crippen molar-refractivity contribution in [3.63, 3.8) is 0 Å². The maximum Gasteiger partial charge on any atom is 0.264 e. The van der Waals surface area contributed by atoms with Gasteiger partial charge in [-0.15, -0.1) is 11.3 Å². The van der Waals surface area contributed by atoms with Crippen molar-refractivity contribution in [1.82, 2.24) is 10.2 Å². The first-order valence-corrected chi connectivity index (χ1v) is 8.82. The van der Waals surface area contributed by atoms with E-state index in [2.05, 4.69) is 5.32 Å². The van der Waals surface area contributed by atoms with Crippen molar-refractivity contribution < 1.29 is 14.3 Å². The summed E-state index contributed by atoms with van der Waals surface area (Å²) >= 11 is 1.41. The predicted molar refractivity (Wildman–Crippen MR) is 93.2 cm³/mol. The van der Waals surface area contributed by atoms with Crippen LogP contribution in [0.3, 0.4) is 0 Å². The molecule has 1 atom stereocenters. The molecule has 1 unspecified atom stereocenters. The van der Waals surface area contributed by atoms with Gasteiger partial charge in [-0.3, -0.25) is 9.59 Å². The third-order valence-corrected chi connectivity index (χ3v) is 5.05. The van der Waals surface area contributed by atoms with Gasteiger partial charge in [-0.1, -0.05) is 24.3 Å². The number of amides is 2. The Hall–Kier alpha value is -2.34. The number of hydrogen-bond acceptors (Lipinski definition) is 4. The van der Waals surface area contributed by atoms with Gasteiger partial charge in [0.2, 0.25) is 5.91 Å². The van der Waals surface area contributed by atoms with E-state index in [9.17, 15) is 9.59 Å². The largest absolute Gasteiger partial charge is 0.496 e. The minimum atomic E-state index is -0.394. The lowest BCUT2D eigenvalue weighted by Gasteiger charge is -2.23. The van der Waals surface area contributed by atoms with E-state index in [4.69, 9.17) is 4.74 Å². The minimum absolute atomic E-state index is 0.0556. The molecule has 1 aliphatic heterocycles. The molecular weight excluding hydrogens is 324 g/mol. The van der Waals surface area contributed by atoms with E-state index in [1.54, 1.807) is 18.1 Å². The molecule has 1 saturated heterocycles. The highest BCUT2D eigenvalue weighted by Gasteiger charge is 2.34. The number of para-hydroxylation sites is 1. The summed E-state index contributed by atoms with van der Waals surface area (Å²) in [6.45, 7) is 1.02. The SMILES string of the molecule is COc1ccccc1CNC(=O)C1CCCN1C(=O)c1cccs1. The summed E-state index contributed by atoms with van der Waals surface area (Å²) in [4.78, 5) is 27.5. The summed E-state index contributed by atoms with van der Waals surface area (Å²) in [7, 11) is 1.61. The lowest BCUT2D eigenvalue weighted by atomic mass is 10.1. The summed E-state index contributed by atoms with van der Waals surface area (Å²) < 4.78 is 5.30. The van der Waals surface area contributed by atoms with Crippen molar-refractivity contribution >= 4 is 23.2 Å². The highest BCUT2D eigenvalue weighted by atomic mass is 32.1. The Morgan fingerprint density at radius 2 is 2.12 bits per heavy atom. The Balaban J connectivity index is 1.64. The smallest absolute Gasteiger partial charge is 0.264 e. The van der Waals surface area contributed by atoms with Crippen LogP contribution in [-0.2, 0) is 11.3 Å². The molecule has 0 radical (unpaired) electrons. The molecule has 3 rings (SSSR count). The average molecular weight is 344 g/mol. The van der Waals surface area contributed by atoms with Crippen LogP contribution in [0.25, 0.3) is 0 Å². The molecule has 0 spiro atoms. The average Bonchev–Trinajstić information content (AvgIpc) is 3.30. The number of nitrogens with one attached hydrogen (secondary N) is 1. The molecule has 1 aromatic carbocycles. The summed E-state index contributed by atoms with van der Waals surface area (Å²) in [5, 5.41) is 4.81. The predicted octanol–water partition coefficient (Wildman–Crippen LogP) is 2.68. The normalized spacial score (nSPS) is 16.9. The maximum absolute atomic E-state index is 12.6. The van der Waals surface area contributed by atoms with Crippen LogP contribution in [0.15, 0.2) is 41.8 Å². The highest BCUT2D eigenvalue weighted by molar-refractivity contribution is 7.12. The topological polar surface area (TPSA) is 58.6 Å². The minimum Gasteiger partial charge on any atom is -0.496 e. The molecule has 2 aromatic rings. The molecule has 6 heteroatoms. The highest BCUT2D eigenvalue weighted by Crippen LogP contribution is 2.23. The molecule has 0 aliphatic carbocycles. The summed E-state index contributed by atoms with van der Waals surface area (Å²) in [6.07, 6.45) is 1.55. The second-order valence-corrected chi connectivity index (χ2v) is 6.61. The van der Waals surface area contributed by atoms with Crippen LogP contribution in [0, 0.1) is 0 Å². The van der Waals surface area contributed by atoms with Gasteiger partial charge in [-0.05, 0) is 30.4 Å². The number of nitrogens with zero attached hydrogens (tertiary/aromatic N) is 1. The number of hydrogen-bond donors (Lipinski definition) is 1. The zero-order valence-electron chi connectivity index (χ0n) is 13.5. The molecule has 2 amide bonds. The Morgan fingerprint density at radius 3 is 2.88 bits per heavy atom. The lowest BCUT2D eigenvalue weighted by Crippen LogP contribution is -2.45. The van der Waals surface area contributed by atoms with Crippen molar-refractivity contribution in [2.24, 2.45) is 0 Å². The molecular formula is C18H20N2O3S. The third-order valence-electron chi connectivity index (χ3n) is 4.19. The first kappa shape index (κ1) is 16.5. The molecule has 2 heterocycles. The maximum atomic E-state index is 12.6. The molecule has 1 fully saturated rings. The monoisotopic (exact) mass is 344 g/mol. The van der Waals surface area contributed by atoms with E-state index in [1.807, 2.05) is 35.7 Å². The first-order valence-electron chi connectivity index (χ1n) is 7.95. The van der Waals surface area contributed by atoms with Gasteiger partial charge in [0.05, 0.1) is 12.0 Å². The van der Waals surface area contributed by atoms with Gasteiger partial charge >= 0.3 is 0 Å². The van der Waals surface area contributed by atoms with Gasteiger partial charge in [-0.25, -0.2) is 0 Å². The summed E-state index contributed by atoms with van der Waals surface area (Å²) in [5.74, 6) is 0.582. The van der Waals surface area contributed by atoms with E-state index < -0.39 is 6.04 Å². The van der Waals surface area contributed by atoms with Crippen molar-refractivity contribution in [2.75, 3.05) is 13.7 Å². The van der Waals surface area contributed by atoms with Crippen molar-refractivity contribution in [3.8, 4) is 5.75 Å². The Labute approximate surface area is 145 Å². The molecule has 1 N–H and O–H groups in total. The van der Waals surface area contributed by atoms with Gasteiger partial charge in [0.15, 0.2) is 0 Å². The second kappa shape index (κ2) is 7.49. The van der Waals surface area contributed by atoms with E-state index in [0.29, 0.717) is 24.4 Å². The van der Waals surface area contributed by atoms with Crippen LogP contribution in [0.1, 0.15) is 28.1 Å². The number of methoxy groups -OCH3 is 1. The number of likely N-dealkylation sites (tertiary alicyclic amines) is 1. The van der Waals surface area contributed by atoms with Crippen LogP contribution in [0.4, 0.5) is 0 Å². The zero-order chi connectivity index (χ0) is 16.9. The number of carbonyl (C=O) groups excluding carboxylic acids is 2. The van der Waals surface area contributed by atoms with E-state index in [-0.39, 0.29) is 11.8 Å². The Kier molecular flexibility index (Phi) is 5.15. The quantitative estimate of drug-likeness (QED) is 0.907. The van der Waals surface area contributed by atoms with Gasteiger partial charge < -0.3 is 15.0 Å². The summed E-state index contributed by atoms with van der Waals surface area (Å²) in [6, 6.07) is 10.8. The molecule has 1 aliphatic rings. The van der Waals surface area contributed by atoms with Gasteiger partial charge in [-0.2, -0.15) is 0 Å². The van der Waals surface area contributed by atoms with Crippen molar-refractivity contribution in [1.29, 1.82) is 0 Å². The molecule has 1 aromatic heterocycles. The lowest BCUT2D eigenvalue weighted by molar-refractivity contribution is -0.125. The van der Waals surface area contributed by atoms with E-state index in [1.165, 1.54) is 11.3 Å². The number of carbonyl (C=O) groups is 2. The molecule has 0 bridgehead atoms. The number of thiophene rings is 1. The fourth-order valence-corrected chi connectivity index (χ4v) is 3.65. The molecule has 126 valence electrons. The third kappa shape index (κ3) is 3.43. The molecule has 24 heavy (non-hydrogen) atoms. The summed E-state index contributed by atoms with van der Waals surface area (Å²) in [5.41, 5.74) is 0.919. The van der Waals surface area contributed by atoms with Crippen LogP contribution < -0.4 is 10.1 Å². The second-order valence-electron chi connectivity index (χ2n) is 5.66. The van der Waals surface area contributed by atoms with E-state index in [0.717, 1.165) is 17.7 Å². The first-order chi connectivity index (χ1) is 11.7. The zero-order valence-corrected chi connectivity index (χ0v) is 14.3. The van der Waals surface area contributed by atoms with Crippen molar-refractivity contribution in [3.05, 3.63) is 52.2 Å². The van der Waals surface area contributed by atoms with Gasteiger partial charge in [0.25, 0.3) is 5.91 Å². The fraction of sp³-hybridized carbons (Fsp3) is 0.333. The van der Waals surface area contributed by atoms with Crippen molar-refractivity contribution in [2.45, 2.75) is 25.4 Å². The number of rotatable bonds is 5. The molecule has 5 nitrogen and oxygen atoms in total. The standard InChI is InChI=1S/C18H20N2O3S/c1-23-15-8-3-2-6-13(15)12-19-17(21)14-7-4-10-20(14)18(22)16-9-5-11-24-16/h2-3,5-6,8-9,11,14H,4,7,10,12H2,1H3,(H,19,21). The van der Waals surface area contributed by atoms with Gasteiger partial charge in [0, 0.05) is 18.7 Å².